The summed E-state index contributed by atoms with van der Waals surface area (Å²) in [7, 11) is 1.61. The minimum Gasteiger partial charge on any atom is -0.465 e. The largest absolute Gasteiger partial charge is 0.465 e. The average molecular weight is 480 g/mol. The Morgan fingerprint density at radius 2 is 1.74 bits per heavy atom. The van der Waals surface area contributed by atoms with Gasteiger partial charge in [0.25, 0.3) is 0 Å². The first-order valence-corrected chi connectivity index (χ1v) is 12.3. The normalized spacial score (nSPS) is 24.6. The van der Waals surface area contributed by atoms with Gasteiger partial charge >= 0.3 is 12.1 Å². The van der Waals surface area contributed by atoms with Gasteiger partial charge < -0.3 is 28.9 Å². The first kappa shape index (κ1) is 26.0. The van der Waals surface area contributed by atoms with Crippen molar-refractivity contribution in [2.45, 2.75) is 46.0 Å². The summed E-state index contributed by atoms with van der Waals surface area (Å²) in [5.74, 6) is -1.60. The number of hydrogen-bond acceptors (Lipinski definition) is 7. The molecule has 190 valence electrons. The monoisotopic (exact) mass is 479 g/mol. The Morgan fingerprint density at radius 1 is 1.06 bits per heavy atom. The molecule has 2 heterocycles. The summed E-state index contributed by atoms with van der Waals surface area (Å²) in [5, 5.41) is 0. The van der Waals surface area contributed by atoms with E-state index in [4.69, 9.17) is 14.2 Å². The second-order valence-corrected chi connectivity index (χ2v) is 8.83. The van der Waals surface area contributed by atoms with Crippen molar-refractivity contribution in [3.8, 4) is 0 Å². The van der Waals surface area contributed by atoms with E-state index in [1.807, 2.05) is 6.08 Å². The molecule has 1 aliphatic carbocycles. The molecule has 3 amide bonds. The molecule has 2 aliphatic heterocycles. The van der Waals surface area contributed by atoms with Gasteiger partial charge in [-0.3, -0.25) is 14.4 Å². The molecule has 3 aliphatic rings. The topological polar surface area (TPSA) is 106 Å². The van der Waals surface area contributed by atoms with Crippen molar-refractivity contribution >= 4 is 23.9 Å². The fraction of sp³-hybridized carbons (Fsp3) is 0.750. The van der Waals surface area contributed by atoms with E-state index in [0.29, 0.717) is 64.5 Å². The number of amides is 3. The van der Waals surface area contributed by atoms with Crippen molar-refractivity contribution in [2.24, 2.45) is 11.3 Å². The number of allylic oxidation sites excluding steroid dienone is 1. The van der Waals surface area contributed by atoms with Crippen molar-refractivity contribution < 1.29 is 33.4 Å². The van der Waals surface area contributed by atoms with Crippen molar-refractivity contribution in [3.63, 3.8) is 0 Å². The molecule has 0 spiro atoms. The predicted octanol–water partition coefficient (Wildman–Crippen LogP) is 1.79. The third-order valence-corrected chi connectivity index (χ3v) is 6.93. The highest BCUT2D eigenvalue weighted by atomic mass is 16.6. The van der Waals surface area contributed by atoms with E-state index >= 15 is 0 Å². The van der Waals surface area contributed by atoms with Crippen molar-refractivity contribution in [3.05, 3.63) is 11.8 Å². The number of likely N-dealkylation sites (tertiary alicyclic amines) is 1. The van der Waals surface area contributed by atoms with E-state index in [-0.39, 0.29) is 30.9 Å². The molecule has 0 saturated carbocycles. The number of fused-ring (bicyclic) bond motifs is 1. The molecule has 34 heavy (non-hydrogen) atoms. The molecular formula is C24H37N3O7. The summed E-state index contributed by atoms with van der Waals surface area (Å²) < 4.78 is 15.7. The van der Waals surface area contributed by atoms with Gasteiger partial charge in [0, 0.05) is 58.6 Å². The number of esters is 1. The van der Waals surface area contributed by atoms with Gasteiger partial charge in [0.15, 0.2) is 0 Å². The SMILES string of the molecule is CCOC(=O)N1CCN(C(=O)C[C@H]2C(=O)N(CCCOC)C3=CCCC[C@@]32C(=O)OCC)CC1. The molecule has 3 rings (SSSR count). The van der Waals surface area contributed by atoms with Gasteiger partial charge in [-0.1, -0.05) is 6.08 Å². The van der Waals surface area contributed by atoms with Crippen LogP contribution in [-0.4, -0.2) is 98.2 Å². The number of piperazine rings is 1. The summed E-state index contributed by atoms with van der Waals surface area (Å²) >= 11 is 0. The smallest absolute Gasteiger partial charge is 0.409 e. The first-order valence-electron chi connectivity index (χ1n) is 12.3. The van der Waals surface area contributed by atoms with Gasteiger partial charge in [-0.05, 0) is 39.5 Å². The minimum atomic E-state index is -1.12. The van der Waals surface area contributed by atoms with Crippen LogP contribution in [0.3, 0.4) is 0 Å². The van der Waals surface area contributed by atoms with E-state index in [0.717, 1.165) is 12.8 Å². The molecule has 0 aromatic carbocycles. The van der Waals surface area contributed by atoms with Crippen molar-refractivity contribution in [1.29, 1.82) is 0 Å². The Labute approximate surface area is 201 Å². The van der Waals surface area contributed by atoms with Gasteiger partial charge in [-0.2, -0.15) is 0 Å². The Morgan fingerprint density at radius 3 is 2.38 bits per heavy atom. The lowest BCUT2D eigenvalue weighted by Crippen LogP contribution is -2.52. The van der Waals surface area contributed by atoms with E-state index in [2.05, 4.69) is 0 Å². The molecule has 10 heteroatoms. The zero-order chi connectivity index (χ0) is 24.7. The minimum absolute atomic E-state index is 0.0603. The Kier molecular flexibility index (Phi) is 8.93. The number of carbonyl (C=O) groups is 4. The molecule has 0 radical (unpaired) electrons. The number of carbonyl (C=O) groups excluding carboxylic acids is 4. The molecule has 2 saturated heterocycles. The molecule has 0 aromatic rings. The summed E-state index contributed by atoms with van der Waals surface area (Å²) in [6.07, 6.45) is 4.17. The highest BCUT2D eigenvalue weighted by Gasteiger charge is 2.62. The van der Waals surface area contributed by atoms with Crippen LogP contribution in [0.15, 0.2) is 11.8 Å². The van der Waals surface area contributed by atoms with E-state index < -0.39 is 17.3 Å². The Balaban J connectivity index is 1.79. The molecule has 0 aromatic heterocycles. The third kappa shape index (κ3) is 5.06. The van der Waals surface area contributed by atoms with Gasteiger partial charge in [-0.15, -0.1) is 0 Å². The van der Waals surface area contributed by atoms with Crippen LogP contribution in [0, 0.1) is 11.3 Å². The van der Waals surface area contributed by atoms with Crippen LogP contribution in [0.1, 0.15) is 46.0 Å². The molecule has 0 unspecified atom stereocenters. The zero-order valence-corrected chi connectivity index (χ0v) is 20.5. The fourth-order valence-electron chi connectivity index (χ4n) is 5.28. The van der Waals surface area contributed by atoms with Crippen molar-refractivity contribution in [2.75, 3.05) is 59.7 Å². The van der Waals surface area contributed by atoms with Gasteiger partial charge in [0.2, 0.25) is 11.8 Å². The summed E-state index contributed by atoms with van der Waals surface area (Å²) in [4.78, 5) is 57.1. The van der Waals surface area contributed by atoms with Crippen LogP contribution in [0.25, 0.3) is 0 Å². The lowest BCUT2D eigenvalue weighted by Gasteiger charge is -2.37. The van der Waals surface area contributed by atoms with Gasteiger partial charge in [-0.25, -0.2) is 4.79 Å². The van der Waals surface area contributed by atoms with E-state index in [1.54, 1.807) is 35.7 Å². The summed E-state index contributed by atoms with van der Waals surface area (Å²) in [6, 6.07) is 0. The van der Waals surface area contributed by atoms with Crippen LogP contribution in [0.2, 0.25) is 0 Å². The number of hydrogen-bond donors (Lipinski definition) is 0. The van der Waals surface area contributed by atoms with Gasteiger partial charge in [0.05, 0.1) is 19.1 Å². The van der Waals surface area contributed by atoms with E-state index in [1.165, 1.54) is 0 Å². The maximum absolute atomic E-state index is 13.6. The highest BCUT2D eigenvalue weighted by molar-refractivity contribution is 5.99. The zero-order valence-electron chi connectivity index (χ0n) is 20.5. The summed E-state index contributed by atoms with van der Waals surface area (Å²) in [6.45, 7) is 6.42. The molecule has 2 fully saturated rings. The highest BCUT2D eigenvalue weighted by Crippen LogP contribution is 2.53. The maximum Gasteiger partial charge on any atom is 0.409 e. The second kappa shape index (κ2) is 11.7. The molecule has 0 bridgehead atoms. The van der Waals surface area contributed by atoms with Crippen LogP contribution in [0.5, 0.6) is 0 Å². The second-order valence-electron chi connectivity index (χ2n) is 8.83. The van der Waals surface area contributed by atoms with Gasteiger partial charge in [0.1, 0.15) is 5.41 Å². The maximum atomic E-state index is 13.6. The standard InChI is InChI=1S/C24H37N3O7/c1-4-33-22(30)24-10-7-6-9-19(24)27(11-8-16-32-3)21(29)18(24)17-20(28)25-12-14-26(15-13-25)23(31)34-5-2/h9,18H,4-8,10-17H2,1-3H3/t18-,24-/m0/s1. The number of nitrogens with zero attached hydrogens (tertiary/aromatic N) is 3. The van der Waals surface area contributed by atoms with Crippen LogP contribution in [-0.2, 0) is 28.6 Å². The number of rotatable bonds is 9. The summed E-state index contributed by atoms with van der Waals surface area (Å²) in [5.41, 5.74) is -0.441. The molecule has 0 N–H and O–H groups in total. The quantitative estimate of drug-likeness (QED) is 0.367. The number of ether oxygens (including phenoxy) is 3. The van der Waals surface area contributed by atoms with Crippen LogP contribution >= 0.6 is 0 Å². The lowest BCUT2D eigenvalue weighted by atomic mass is 9.68. The number of methoxy groups -OCH3 is 1. The lowest BCUT2D eigenvalue weighted by molar-refractivity contribution is -0.158. The fourth-order valence-corrected chi connectivity index (χ4v) is 5.28. The third-order valence-electron chi connectivity index (χ3n) is 6.93. The Bertz CT molecular complexity index is 806. The van der Waals surface area contributed by atoms with Crippen LogP contribution < -0.4 is 0 Å². The van der Waals surface area contributed by atoms with E-state index in [9.17, 15) is 19.2 Å². The average Bonchev–Trinajstić information content (AvgIpc) is 3.08. The molecular weight excluding hydrogens is 442 g/mol. The molecule has 2 atom stereocenters. The molecule has 10 nitrogen and oxygen atoms in total. The van der Waals surface area contributed by atoms with Crippen LogP contribution in [0.4, 0.5) is 4.79 Å². The predicted molar refractivity (Wildman–Crippen MR) is 122 cm³/mol. The Hall–Kier alpha value is -2.62. The first-order chi connectivity index (χ1) is 16.4. The van der Waals surface area contributed by atoms with Crippen molar-refractivity contribution in [1.82, 2.24) is 14.7 Å².